The highest BCUT2D eigenvalue weighted by Gasteiger charge is 2.59. The predicted octanol–water partition coefficient (Wildman–Crippen LogP) is 4.77. The van der Waals surface area contributed by atoms with E-state index in [1.807, 2.05) is 45.0 Å². The van der Waals surface area contributed by atoms with Gasteiger partial charge in [0.15, 0.2) is 0 Å². The van der Waals surface area contributed by atoms with E-state index in [0.717, 1.165) is 16.2 Å². The Morgan fingerprint density at radius 2 is 1.91 bits per heavy atom. The molecule has 6 nitrogen and oxygen atoms in total. The lowest BCUT2D eigenvalue weighted by Crippen LogP contribution is -2.59. The van der Waals surface area contributed by atoms with Crippen molar-refractivity contribution in [1.29, 1.82) is 0 Å². The van der Waals surface area contributed by atoms with Crippen LogP contribution in [0.15, 0.2) is 48.5 Å². The van der Waals surface area contributed by atoms with Crippen LogP contribution in [-0.4, -0.2) is 59.2 Å². The zero-order chi connectivity index (χ0) is 24.5. The van der Waals surface area contributed by atoms with Gasteiger partial charge in [0.25, 0.3) is 5.91 Å². The van der Waals surface area contributed by atoms with Gasteiger partial charge in [-0.05, 0) is 69.5 Å². The first-order valence-electron chi connectivity index (χ1n) is 11.7. The van der Waals surface area contributed by atoms with E-state index in [4.69, 9.17) is 4.74 Å². The molecule has 34 heavy (non-hydrogen) atoms. The number of nitrogens with zero attached hydrogens (tertiary/aromatic N) is 3. The number of anilines is 1. The highest BCUT2D eigenvalue weighted by molar-refractivity contribution is 6.17. The first-order valence-corrected chi connectivity index (χ1v) is 11.7. The van der Waals surface area contributed by atoms with Gasteiger partial charge in [0, 0.05) is 24.8 Å². The summed E-state index contributed by atoms with van der Waals surface area (Å²) in [6, 6.07) is 13.0. The molecule has 0 unspecified atom stereocenters. The minimum absolute atomic E-state index is 0.0402. The van der Waals surface area contributed by atoms with Gasteiger partial charge in [-0.3, -0.25) is 19.5 Å². The number of ether oxygens (including phenoxy) is 1. The SMILES string of the molecule is CC(C)Oc1cccc(CN2CC[C@@]3(C[C@@H]2C)C(=O)N(CCF)C(=O)N3c2cccc(F)c2)c1. The molecule has 8 heteroatoms. The molecule has 0 radical (unpaired) electrons. The molecular weight excluding hydrogens is 440 g/mol. The molecular formula is C26H31F2N3O3. The third-order valence-corrected chi connectivity index (χ3v) is 6.59. The molecule has 0 aliphatic carbocycles. The van der Waals surface area contributed by atoms with Crippen LogP contribution in [0.5, 0.6) is 5.75 Å². The number of likely N-dealkylation sites (tertiary alicyclic amines) is 1. The summed E-state index contributed by atoms with van der Waals surface area (Å²) >= 11 is 0. The largest absolute Gasteiger partial charge is 0.491 e. The van der Waals surface area contributed by atoms with E-state index >= 15 is 0 Å². The van der Waals surface area contributed by atoms with Gasteiger partial charge in [0.1, 0.15) is 23.8 Å². The van der Waals surface area contributed by atoms with Crippen molar-refractivity contribution in [2.24, 2.45) is 0 Å². The van der Waals surface area contributed by atoms with Crippen LogP contribution in [0.1, 0.15) is 39.2 Å². The summed E-state index contributed by atoms with van der Waals surface area (Å²) in [6.07, 6.45) is 0.832. The molecule has 3 amide bonds. The molecule has 2 fully saturated rings. The topological polar surface area (TPSA) is 53.1 Å². The van der Waals surface area contributed by atoms with E-state index in [-0.39, 0.29) is 18.7 Å². The summed E-state index contributed by atoms with van der Waals surface area (Å²) in [5.41, 5.74) is 0.258. The Morgan fingerprint density at radius 3 is 2.59 bits per heavy atom. The summed E-state index contributed by atoms with van der Waals surface area (Å²) in [7, 11) is 0. The van der Waals surface area contributed by atoms with Crippen molar-refractivity contribution in [3.8, 4) is 5.75 Å². The first-order chi connectivity index (χ1) is 16.2. The lowest BCUT2D eigenvalue weighted by molar-refractivity contribution is -0.133. The van der Waals surface area contributed by atoms with Gasteiger partial charge in [0.2, 0.25) is 0 Å². The van der Waals surface area contributed by atoms with Crippen molar-refractivity contribution >= 4 is 17.6 Å². The molecule has 0 saturated carbocycles. The third-order valence-electron chi connectivity index (χ3n) is 6.59. The second-order valence-corrected chi connectivity index (χ2v) is 9.36. The number of benzene rings is 2. The molecule has 0 bridgehead atoms. The van der Waals surface area contributed by atoms with Gasteiger partial charge >= 0.3 is 6.03 Å². The molecule has 2 aliphatic heterocycles. The molecule has 182 valence electrons. The fourth-order valence-electron chi connectivity index (χ4n) is 5.12. The Morgan fingerprint density at radius 1 is 1.15 bits per heavy atom. The van der Waals surface area contributed by atoms with Crippen LogP contribution in [0.25, 0.3) is 0 Å². The maximum atomic E-state index is 14.0. The summed E-state index contributed by atoms with van der Waals surface area (Å²) in [6.45, 7) is 6.10. The van der Waals surface area contributed by atoms with Gasteiger partial charge in [-0.25, -0.2) is 13.6 Å². The summed E-state index contributed by atoms with van der Waals surface area (Å²) in [5, 5.41) is 0. The number of imide groups is 1. The first kappa shape index (κ1) is 24.1. The van der Waals surface area contributed by atoms with Gasteiger partial charge in [-0.15, -0.1) is 0 Å². The third kappa shape index (κ3) is 4.51. The molecule has 1 spiro atoms. The van der Waals surface area contributed by atoms with Crippen molar-refractivity contribution in [3.05, 3.63) is 59.9 Å². The Bertz CT molecular complexity index is 1060. The second-order valence-electron chi connectivity index (χ2n) is 9.36. The Labute approximate surface area is 199 Å². The highest BCUT2D eigenvalue weighted by atomic mass is 19.1. The predicted molar refractivity (Wildman–Crippen MR) is 126 cm³/mol. The fraction of sp³-hybridized carbons (Fsp3) is 0.462. The Balaban J connectivity index is 1.59. The van der Waals surface area contributed by atoms with Crippen LogP contribution in [0.4, 0.5) is 19.3 Å². The molecule has 2 heterocycles. The number of rotatable bonds is 7. The standard InChI is InChI=1S/C26H31F2N3O3/c1-18(2)34-23-9-4-6-20(14-23)17-29-12-10-26(16-19(29)3)24(32)30(13-11-27)25(33)31(26)22-8-5-7-21(28)15-22/h4-9,14-15,18-19H,10-13,16-17H2,1-3H3/t19-,26+/m0/s1. The van der Waals surface area contributed by atoms with E-state index in [1.54, 1.807) is 6.07 Å². The average molecular weight is 472 g/mol. The maximum Gasteiger partial charge on any atom is 0.332 e. The Kier molecular flexibility index (Phi) is 6.89. The maximum absolute atomic E-state index is 14.0. The molecule has 2 saturated heterocycles. The van der Waals surface area contributed by atoms with Crippen molar-refractivity contribution < 1.29 is 23.1 Å². The van der Waals surface area contributed by atoms with Crippen LogP contribution in [0, 0.1) is 5.82 Å². The van der Waals surface area contributed by atoms with Crippen molar-refractivity contribution in [2.75, 3.05) is 24.7 Å². The van der Waals surface area contributed by atoms with Crippen LogP contribution < -0.4 is 9.64 Å². The number of carbonyl (C=O) groups is 2. The van der Waals surface area contributed by atoms with Crippen molar-refractivity contribution in [3.63, 3.8) is 0 Å². The van der Waals surface area contributed by atoms with Crippen LogP contribution in [0.2, 0.25) is 0 Å². The number of halogens is 2. The highest BCUT2D eigenvalue weighted by Crippen LogP contribution is 2.42. The monoisotopic (exact) mass is 471 g/mol. The van der Waals surface area contributed by atoms with E-state index in [0.29, 0.717) is 31.6 Å². The number of hydrogen-bond acceptors (Lipinski definition) is 4. The van der Waals surface area contributed by atoms with Gasteiger partial charge in [-0.1, -0.05) is 18.2 Å². The zero-order valence-electron chi connectivity index (χ0n) is 19.8. The minimum atomic E-state index is -1.15. The van der Waals surface area contributed by atoms with E-state index < -0.39 is 30.0 Å². The fourth-order valence-corrected chi connectivity index (χ4v) is 5.12. The van der Waals surface area contributed by atoms with Gasteiger partial charge in [0.05, 0.1) is 12.6 Å². The Hall–Kier alpha value is -3.00. The smallest absolute Gasteiger partial charge is 0.332 e. The van der Waals surface area contributed by atoms with E-state index in [1.165, 1.54) is 23.1 Å². The number of amides is 3. The number of alkyl halides is 1. The number of hydrogen-bond donors (Lipinski definition) is 0. The zero-order valence-corrected chi connectivity index (χ0v) is 19.8. The second kappa shape index (κ2) is 9.70. The molecule has 2 aromatic carbocycles. The lowest BCUT2D eigenvalue weighted by atomic mass is 9.81. The van der Waals surface area contributed by atoms with Crippen LogP contribution in [-0.2, 0) is 11.3 Å². The molecule has 2 aromatic rings. The molecule has 0 N–H and O–H groups in total. The number of carbonyl (C=O) groups excluding carboxylic acids is 2. The van der Waals surface area contributed by atoms with E-state index in [2.05, 4.69) is 4.90 Å². The quantitative estimate of drug-likeness (QED) is 0.546. The van der Waals surface area contributed by atoms with Gasteiger partial charge < -0.3 is 4.74 Å². The van der Waals surface area contributed by atoms with Crippen molar-refractivity contribution in [1.82, 2.24) is 9.80 Å². The van der Waals surface area contributed by atoms with E-state index in [9.17, 15) is 18.4 Å². The van der Waals surface area contributed by atoms with Crippen LogP contribution in [0.3, 0.4) is 0 Å². The van der Waals surface area contributed by atoms with Gasteiger partial charge in [-0.2, -0.15) is 0 Å². The van der Waals surface area contributed by atoms with Crippen LogP contribution >= 0.6 is 0 Å². The molecule has 2 aliphatic rings. The summed E-state index contributed by atoms with van der Waals surface area (Å²) < 4.78 is 33.0. The summed E-state index contributed by atoms with van der Waals surface area (Å²) in [5.74, 6) is -0.0894. The normalized spacial score (nSPS) is 23.4. The van der Waals surface area contributed by atoms with Crippen molar-refractivity contribution in [2.45, 2.75) is 57.8 Å². The number of urea groups is 1. The average Bonchev–Trinajstić information content (AvgIpc) is 2.97. The molecule has 2 atom stereocenters. The summed E-state index contributed by atoms with van der Waals surface area (Å²) in [4.78, 5) is 31.3. The minimum Gasteiger partial charge on any atom is -0.491 e. The number of piperidine rings is 1. The molecule has 0 aromatic heterocycles. The molecule has 4 rings (SSSR count). The lowest BCUT2D eigenvalue weighted by Gasteiger charge is -2.45.